The average molecular weight is 390 g/mol. The second-order valence-electron chi connectivity index (χ2n) is 8.14. The largest absolute Gasteiger partial charge is 0.395 e. The lowest BCUT2D eigenvalue weighted by Crippen LogP contribution is -2.40. The van der Waals surface area contributed by atoms with Gasteiger partial charge in [-0.25, -0.2) is 13.2 Å². The number of hydrogen-bond acceptors (Lipinski definition) is 3. The minimum Gasteiger partial charge on any atom is -0.395 e. The number of hydrogen-bond donors (Lipinski definition) is 3. The van der Waals surface area contributed by atoms with E-state index in [4.69, 9.17) is 5.11 Å². The van der Waals surface area contributed by atoms with E-state index >= 15 is 0 Å². The predicted molar refractivity (Wildman–Crippen MR) is 103 cm³/mol. The number of nitrogens with one attached hydrogen (secondary N) is 2. The van der Waals surface area contributed by atoms with Gasteiger partial charge in [-0.15, -0.1) is 0 Å². The lowest BCUT2D eigenvalue weighted by atomic mass is 9.64. The molecule has 0 bridgehead atoms. The van der Waals surface area contributed by atoms with Crippen LogP contribution in [0.2, 0.25) is 0 Å². The summed E-state index contributed by atoms with van der Waals surface area (Å²) in [5.41, 5.74) is 1.90. The molecule has 4 rings (SSSR count). The fraction of sp³-hybridized carbons (Fsp3) is 0.455. The maximum Gasteiger partial charge on any atom is 0.149 e. The van der Waals surface area contributed by atoms with E-state index in [0.29, 0.717) is 23.1 Å². The Labute approximate surface area is 163 Å². The van der Waals surface area contributed by atoms with Crippen LogP contribution in [-0.4, -0.2) is 24.3 Å². The van der Waals surface area contributed by atoms with Gasteiger partial charge >= 0.3 is 0 Å². The van der Waals surface area contributed by atoms with Crippen molar-refractivity contribution in [3.63, 3.8) is 0 Å². The van der Waals surface area contributed by atoms with Crippen LogP contribution in [0.4, 0.5) is 18.9 Å². The summed E-state index contributed by atoms with van der Waals surface area (Å²) in [6, 6.07) is 8.40. The molecule has 6 heteroatoms. The molecule has 1 saturated carbocycles. The molecule has 2 aromatic carbocycles. The molecule has 0 aromatic heterocycles. The number of aliphatic hydroxyl groups is 1. The third-order valence-electron chi connectivity index (χ3n) is 6.14. The summed E-state index contributed by atoms with van der Waals surface area (Å²) in [7, 11) is 0. The number of aliphatic hydroxyl groups excluding tert-OH is 1. The molecule has 3 atom stereocenters. The van der Waals surface area contributed by atoms with Gasteiger partial charge in [-0.05, 0) is 67.5 Å². The number of rotatable bonds is 6. The molecule has 3 N–H and O–H groups in total. The molecule has 0 radical (unpaired) electrons. The molecule has 1 aliphatic heterocycles. The zero-order chi connectivity index (χ0) is 19.8. The van der Waals surface area contributed by atoms with Crippen LogP contribution in [0.5, 0.6) is 0 Å². The van der Waals surface area contributed by atoms with Gasteiger partial charge in [0.2, 0.25) is 0 Å². The van der Waals surface area contributed by atoms with Crippen molar-refractivity contribution in [3.05, 3.63) is 65.0 Å². The van der Waals surface area contributed by atoms with Gasteiger partial charge in [0.1, 0.15) is 17.5 Å². The predicted octanol–water partition coefficient (Wildman–Crippen LogP) is 4.35. The summed E-state index contributed by atoms with van der Waals surface area (Å²) < 4.78 is 41.7. The molecule has 1 aliphatic carbocycles. The van der Waals surface area contributed by atoms with Gasteiger partial charge in [0.05, 0.1) is 18.3 Å². The summed E-state index contributed by atoms with van der Waals surface area (Å²) in [5, 5.41) is 15.7. The molecule has 3 nitrogen and oxygen atoms in total. The van der Waals surface area contributed by atoms with Crippen molar-refractivity contribution in [1.82, 2.24) is 5.32 Å². The van der Waals surface area contributed by atoms with E-state index < -0.39 is 11.6 Å². The van der Waals surface area contributed by atoms with Crippen LogP contribution in [0.25, 0.3) is 0 Å². The van der Waals surface area contributed by atoms with E-state index in [-0.39, 0.29) is 30.4 Å². The van der Waals surface area contributed by atoms with E-state index in [2.05, 4.69) is 10.6 Å². The highest BCUT2D eigenvalue weighted by atomic mass is 19.1. The Kier molecular flexibility index (Phi) is 5.34. The van der Waals surface area contributed by atoms with E-state index in [1.54, 1.807) is 12.1 Å². The lowest BCUT2D eigenvalue weighted by molar-refractivity contribution is 0.142. The molecule has 150 valence electrons. The Morgan fingerprint density at radius 1 is 1.11 bits per heavy atom. The summed E-state index contributed by atoms with van der Waals surface area (Å²) >= 11 is 0. The minimum absolute atomic E-state index is 0.0582. The van der Waals surface area contributed by atoms with Crippen LogP contribution in [0.1, 0.15) is 42.9 Å². The first-order chi connectivity index (χ1) is 13.5. The van der Waals surface area contributed by atoms with Crippen LogP contribution in [0.3, 0.4) is 0 Å². The fourth-order valence-corrected chi connectivity index (χ4v) is 4.60. The topological polar surface area (TPSA) is 44.3 Å². The molecule has 1 heterocycles. The smallest absolute Gasteiger partial charge is 0.149 e. The Morgan fingerprint density at radius 3 is 2.50 bits per heavy atom. The molecule has 0 spiro atoms. The third-order valence-corrected chi connectivity index (χ3v) is 6.14. The highest BCUT2D eigenvalue weighted by Gasteiger charge is 2.45. The second-order valence-corrected chi connectivity index (χ2v) is 8.14. The van der Waals surface area contributed by atoms with Crippen LogP contribution < -0.4 is 10.6 Å². The van der Waals surface area contributed by atoms with Gasteiger partial charge in [0.15, 0.2) is 0 Å². The molecule has 0 amide bonds. The Balaban J connectivity index is 1.56. The van der Waals surface area contributed by atoms with Gasteiger partial charge < -0.3 is 15.7 Å². The van der Waals surface area contributed by atoms with E-state index in [9.17, 15) is 13.2 Å². The average Bonchev–Trinajstić information content (AvgIpc) is 3.00. The molecular weight excluding hydrogens is 365 g/mol. The first-order valence-electron chi connectivity index (χ1n) is 9.81. The summed E-state index contributed by atoms with van der Waals surface area (Å²) in [5.74, 6) is -0.759. The fourth-order valence-electron chi connectivity index (χ4n) is 4.60. The zero-order valence-electron chi connectivity index (χ0n) is 15.8. The van der Waals surface area contributed by atoms with Crippen molar-refractivity contribution in [2.45, 2.75) is 37.8 Å². The van der Waals surface area contributed by atoms with Gasteiger partial charge in [0, 0.05) is 18.0 Å². The summed E-state index contributed by atoms with van der Waals surface area (Å²) in [6.45, 7) is 2.86. The highest BCUT2D eigenvalue weighted by Crippen LogP contribution is 2.55. The van der Waals surface area contributed by atoms with Crippen LogP contribution in [0, 0.1) is 29.3 Å². The van der Waals surface area contributed by atoms with Crippen molar-refractivity contribution in [2.75, 3.05) is 18.5 Å². The summed E-state index contributed by atoms with van der Waals surface area (Å²) in [4.78, 5) is 0. The monoisotopic (exact) mass is 390 g/mol. The third kappa shape index (κ3) is 3.63. The van der Waals surface area contributed by atoms with Gasteiger partial charge in [0.25, 0.3) is 0 Å². The first kappa shape index (κ1) is 19.3. The maximum atomic E-state index is 14.4. The van der Waals surface area contributed by atoms with Crippen molar-refractivity contribution >= 4 is 5.69 Å². The molecule has 2 unspecified atom stereocenters. The minimum atomic E-state index is -0.584. The van der Waals surface area contributed by atoms with E-state index in [1.165, 1.54) is 18.2 Å². The van der Waals surface area contributed by atoms with Crippen molar-refractivity contribution in [3.8, 4) is 0 Å². The second kappa shape index (κ2) is 7.76. The molecule has 2 aliphatic rings. The van der Waals surface area contributed by atoms with Crippen LogP contribution >= 0.6 is 0 Å². The maximum absolute atomic E-state index is 14.4. The number of halogens is 3. The quantitative estimate of drug-likeness (QED) is 0.687. The van der Waals surface area contributed by atoms with E-state index in [0.717, 1.165) is 31.0 Å². The number of anilines is 1. The lowest BCUT2D eigenvalue weighted by Gasteiger charge is -2.42. The first-order valence-corrected chi connectivity index (χ1v) is 9.81. The van der Waals surface area contributed by atoms with Crippen molar-refractivity contribution < 1.29 is 18.3 Å². The molecule has 0 saturated heterocycles. The van der Waals surface area contributed by atoms with Crippen molar-refractivity contribution in [2.24, 2.45) is 11.8 Å². The number of benzene rings is 2. The zero-order valence-corrected chi connectivity index (χ0v) is 15.8. The van der Waals surface area contributed by atoms with Crippen LogP contribution in [0.15, 0.2) is 36.4 Å². The molecule has 28 heavy (non-hydrogen) atoms. The van der Waals surface area contributed by atoms with Crippen molar-refractivity contribution in [1.29, 1.82) is 0 Å². The Morgan fingerprint density at radius 2 is 1.82 bits per heavy atom. The Bertz CT molecular complexity index is 836. The van der Waals surface area contributed by atoms with E-state index in [1.807, 2.05) is 6.92 Å². The van der Waals surface area contributed by atoms with Crippen LogP contribution in [-0.2, 0) is 0 Å². The van der Waals surface area contributed by atoms with Gasteiger partial charge in [-0.2, -0.15) is 0 Å². The molecular formula is C22H25F3N2O. The highest BCUT2D eigenvalue weighted by molar-refractivity contribution is 5.62. The summed E-state index contributed by atoms with van der Waals surface area (Å²) in [6.07, 6.45) is 1.90. The van der Waals surface area contributed by atoms with Gasteiger partial charge in [-0.3, -0.25) is 0 Å². The Hall–Kier alpha value is -2.05. The van der Waals surface area contributed by atoms with Gasteiger partial charge in [-0.1, -0.05) is 12.1 Å². The standard InChI is InChI=1S/C22H25F3N2O/c1-12(11-28)26-10-13-6-15(7-13)20-18-8-17(24)9-19(25)22(18)27-21(20)14-2-4-16(23)5-3-14/h2-5,8-9,12-13,15,20-21,26-28H,6-7,10-11H2,1H3/t12-,13?,15?,20?,21?/m1/s1. The SMILES string of the molecule is C[C@H](CO)NCC1CC(C2c3cc(F)cc(F)c3NC2c2ccc(F)cc2)C1. The molecule has 2 aromatic rings. The molecule has 1 fully saturated rings. The normalized spacial score (nSPS) is 27.0. The number of fused-ring (bicyclic) bond motifs is 1.